The monoisotopic (exact) mass is 288 g/mol. The largest absolute Gasteiger partial charge is 0.363 e. The molecule has 0 bridgehead atoms. The molecule has 0 unspecified atom stereocenters. The van der Waals surface area contributed by atoms with E-state index in [0.29, 0.717) is 0 Å². The highest BCUT2D eigenvalue weighted by Crippen LogP contribution is 2.27. The Balaban J connectivity index is 3.24. The summed E-state index contributed by atoms with van der Waals surface area (Å²) < 4.78 is 62.3. The van der Waals surface area contributed by atoms with Crippen molar-refractivity contribution in [1.29, 1.82) is 0 Å². The van der Waals surface area contributed by atoms with Crippen LogP contribution in [0.1, 0.15) is 10.4 Å². The molecule has 0 amide bonds. The predicted octanol–water partition coefficient (Wildman–Crippen LogP) is 3.27. The van der Waals surface area contributed by atoms with Gasteiger partial charge in [0.1, 0.15) is 0 Å². The summed E-state index contributed by atoms with van der Waals surface area (Å²) in [5.41, 5.74) is -0.951. The lowest BCUT2D eigenvalue weighted by Crippen LogP contribution is -2.21. The minimum absolute atomic E-state index is 0.204. The van der Waals surface area contributed by atoms with Crippen molar-refractivity contribution in [3.63, 3.8) is 0 Å². The molecule has 0 spiro atoms. The fourth-order valence-electron chi connectivity index (χ4n) is 0.850. The molecule has 0 radical (unpaired) electrons. The van der Waals surface area contributed by atoms with Crippen molar-refractivity contribution in [2.75, 3.05) is 0 Å². The Morgan fingerprint density at radius 3 is 1.87 bits per heavy atom. The highest BCUT2D eigenvalue weighted by atomic mass is 79.9. The van der Waals surface area contributed by atoms with E-state index in [0.717, 1.165) is 0 Å². The SMILES string of the molecule is O=C(c1cc(F)c(F)c(F)c1)C(F)(F)Br. The van der Waals surface area contributed by atoms with Crippen LogP contribution in [0, 0.1) is 17.5 Å². The number of carbonyl (C=O) groups is 1. The number of Topliss-reactive ketones (excluding diaryl/α,β-unsaturated/α-hetero) is 1. The van der Waals surface area contributed by atoms with Crippen LogP contribution >= 0.6 is 15.9 Å². The quantitative estimate of drug-likeness (QED) is 0.353. The third-order valence-corrected chi connectivity index (χ3v) is 1.86. The number of hydrogen-bond donors (Lipinski definition) is 0. The summed E-state index contributed by atoms with van der Waals surface area (Å²) in [6.07, 6.45) is 0. The van der Waals surface area contributed by atoms with Gasteiger partial charge >= 0.3 is 4.83 Å². The zero-order valence-electron chi connectivity index (χ0n) is 6.83. The number of rotatable bonds is 2. The van der Waals surface area contributed by atoms with Crippen molar-refractivity contribution in [2.24, 2.45) is 0 Å². The minimum atomic E-state index is -3.94. The van der Waals surface area contributed by atoms with Crippen LogP contribution in [-0.2, 0) is 0 Å². The lowest BCUT2D eigenvalue weighted by Gasteiger charge is -2.07. The minimum Gasteiger partial charge on any atom is -0.286 e. The Kier molecular flexibility index (Phi) is 3.13. The first-order valence-corrected chi connectivity index (χ1v) is 4.29. The molecule has 0 saturated carbocycles. The molecule has 0 atom stereocenters. The van der Waals surface area contributed by atoms with Gasteiger partial charge in [0.05, 0.1) is 0 Å². The molecule has 0 N–H and O–H groups in total. The summed E-state index contributed by atoms with van der Waals surface area (Å²) in [6.45, 7) is 0. The van der Waals surface area contributed by atoms with Gasteiger partial charge in [-0.25, -0.2) is 13.2 Å². The first kappa shape index (κ1) is 12.1. The molecule has 1 aromatic carbocycles. The zero-order chi connectivity index (χ0) is 11.8. The number of hydrogen-bond acceptors (Lipinski definition) is 1. The average molecular weight is 289 g/mol. The second-order valence-corrected chi connectivity index (χ2v) is 3.58. The van der Waals surface area contributed by atoms with Crippen LogP contribution in [0.2, 0.25) is 0 Å². The molecule has 1 nitrogen and oxygen atoms in total. The lowest BCUT2D eigenvalue weighted by atomic mass is 10.1. The molecule has 0 aliphatic carbocycles. The highest BCUT2D eigenvalue weighted by molar-refractivity contribution is 9.10. The summed E-state index contributed by atoms with van der Waals surface area (Å²) in [4.78, 5) is 6.89. The van der Waals surface area contributed by atoms with E-state index in [2.05, 4.69) is 0 Å². The molecule has 15 heavy (non-hydrogen) atoms. The number of carbonyl (C=O) groups excluding carboxylic acids is 1. The fourth-order valence-corrected chi connectivity index (χ4v) is 1.08. The Morgan fingerprint density at radius 1 is 1.13 bits per heavy atom. The van der Waals surface area contributed by atoms with Gasteiger partial charge < -0.3 is 0 Å². The van der Waals surface area contributed by atoms with Crippen molar-refractivity contribution in [3.05, 3.63) is 35.1 Å². The second kappa shape index (κ2) is 3.88. The van der Waals surface area contributed by atoms with Crippen molar-refractivity contribution >= 4 is 21.7 Å². The first-order valence-electron chi connectivity index (χ1n) is 3.49. The molecule has 0 aliphatic rings. The van der Waals surface area contributed by atoms with E-state index in [-0.39, 0.29) is 12.1 Å². The summed E-state index contributed by atoms with van der Waals surface area (Å²) in [5.74, 6) is -7.06. The van der Waals surface area contributed by atoms with Gasteiger partial charge in [-0.1, -0.05) is 0 Å². The van der Waals surface area contributed by atoms with Gasteiger partial charge in [0.25, 0.3) is 0 Å². The molecule has 0 saturated heterocycles. The van der Waals surface area contributed by atoms with Crippen LogP contribution in [0.4, 0.5) is 22.0 Å². The van der Waals surface area contributed by atoms with Crippen LogP contribution in [-0.4, -0.2) is 10.6 Å². The van der Waals surface area contributed by atoms with Crippen LogP contribution in [0.3, 0.4) is 0 Å². The number of alkyl halides is 3. The van der Waals surface area contributed by atoms with E-state index in [9.17, 15) is 26.7 Å². The van der Waals surface area contributed by atoms with Crippen LogP contribution in [0.25, 0.3) is 0 Å². The molecule has 0 fully saturated rings. The van der Waals surface area contributed by atoms with E-state index in [1.165, 1.54) is 0 Å². The van der Waals surface area contributed by atoms with Gasteiger partial charge in [-0.2, -0.15) is 8.78 Å². The van der Waals surface area contributed by atoms with Gasteiger partial charge in [-0.3, -0.25) is 4.79 Å². The fraction of sp³-hybridized carbons (Fsp3) is 0.125. The van der Waals surface area contributed by atoms with E-state index in [1.54, 1.807) is 15.9 Å². The summed E-state index contributed by atoms with van der Waals surface area (Å²) in [7, 11) is 0. The number of halogens is 6. The van der Waals surface area contributed by atoms with Gasteiger partial charge in [-0.15, -0.1) is 0 Å². The molecule has 0 heterocycles. The van der Waals surface area contributed by atoms with Gasteiger partial charge in [-0.05, 0) is 28.1 Å². The van der Waals surface area contributed by atoms with Crippen molar-refractivity contribution in [2.45, 2.75) is 4.83 Å². The van der Waals surface area contributed by atoms with Crippen LogP contribution in [0.5, 0.6) is 0 Å². The first-order chi connectivity index (χ1) is 6.73. The topological polar surface area (TPSA) is 17.1 Å². The van der Waals surface area contributed by atoms with Crippen molar-refractivity contribution < 1.29 is 26.7 Å². The third kappa shape index (κ3) is 2.53. The molecule has 82 valence electrons. The Bertz CT molecular complexity index is 389. The van der Waals surface area contributed by atoms with Gasteiger partial charge in [0, 0.05) is 5.56 Å². The number of benzene rings is 1. The van der Waals surface area contributed by atoms with E-state index >= 15 is 0 Å². The Labute approximate surface area is 89.0 Å². The summed E-state index contributed by atoms with van der Waals surface area (Å²) >= 11 is 1.73. The van der Waals surface area contributed by atoms with E-state index in [4.69, 9.17) is 0 Å². The lowest BCUT2D eigenvalue weighted by molar-refractivity contribution is 0.0591. The molecular formula is C8H2BrF5O. The molecule has 1 aromatic rings. The van der Waals surface area contributed by atoms with Crippen molar-refractivity contribution in [1.82, 2.24) is 0 Å². The van der Waals surface area contributed by atoms with Gasteiger partial charge in [0.2, 0.25) is 5.78 Å². The van der Waals surface area contributed by atoms with Gasteiger partial charge in [0.15, 0.2) is 17.5 Å². The zero-order valence-corrected chi connectivity index (χ0v) is 8.42. The standard InChI is InChI=1S/C8H2BrF5O/c9-8(13,14)7(15)3-1-4(10)6(12)5(11)2-3/h1-2H. The molecule has 7 heteroatoms. The highest BCUT2D eigenvalue weighted by Gasteiger charge is 2.36. The molecular weight excluding hydrogens is 287 g/mol. The van der Waals surface area contributed by atoms with E-state index < -0.39 is 33.6 Å². The molecule has 0 aromatic heterocycles. The summed E-state index contributed by atoms with van der Waals surface area (Å²) in [6, 6.07) is 0.409. The molecule has 0 aliphatic heterocycles. The maximum atomic E-state index is 12.6. The predicted molar refractivity (Wildman–Crippen MR) is 44.5 cm³/mol. The average Bonchev–Trinajstić information content (AvgIpc) is 2.10. The van der Waals surface area contributed by atoms with Crippen molar-refractivity contribution in [3.8, 4) is 0 Å². The Morgan fingerprint density at radius 2 is 1.53 bits per heavy atom. The van der Waals surface area contributed by atoms with E-state index in [1.807, 2.05) is 0 Å². The number of ketones is 1. The maximum absolute atomic E-state index is 12.6. The molecule has 1 rings (SSSR count). The van der Waals surface area contributed by atoms with Crippen LogP contribution < -0.4 is 0 Å². The summed E-state index contributed by atoms with van der Waals surface area (Å²) in [5, 5.41) is 0. The second-order valence-electron chi connectivity index (χ2n) is 2.58. The smallest absolute Gasteiger partial charge is 0.286 e. The normalized spacial score (nSPS) is 11.6. The van der Waals surface area contributed by atoms with Crippen LogP contribution in [0.15, 0.2) is 12.1 Å². The Hall–Kier alpha value is -0.980. The third-order valence-electron chi connectivity index (χ3n) is 1.50. The maximum Gasteiger partial charge on any atom is 0.363 e.